The molecule has 100 valence electrons. The normalized spacial score (nSPS) is 18.7. The van der Waals surface area contributed by atoms with E-state index in [0.717, 1.165) is 18.0 Å². The van der Waals surface area contributed by atoms with Crippen LogP contribution >= 0.6 is 11.3 Å². The lowest BCUT2D eigenvalue weighted by atomic mass is 10.3. The lowest BCUT2D eigenvalue weighted by molar-refractivity contribution is 0.102. The molecule has 0 radical (unpaired) electrons. The van der Waals surface area contributed by atoms with Gasteiger partial charge in [0.05, 0.1) is 29.5 Å². The number of nitrogens with one attached hydrogen (secondary N) is 1. The minimum absolute atomic E-state index is 0.202. The summed E-state index contributed by atoms with van der Waals surface area (Å²) in [6.45, 7) is 3.32. The number of hydrogen-bond acceptors (Lipinski definition) is 5. The zero-order valence-corrected chi connectivity index (χ0v) is 11.3. The molecule has 3 heterocycles. The summed E-state index contributed by atoms with van der Waals surface area (Å²) >= 11 is 1.46. The fourth-order valence-electron chi connectivity index (χ4n) is 2.00. The maximum absolute atomic E-state index is 11.9. The Hall–Kier alpha value is -1.73. The van der Waals surface area contributed by atoms with Crippen molar-refractivity contribution < 1.29 is 9.53 Å². The molecule has 7 heteroatoms. The number of aromatic nitrogens is 3. The van der Waals surface area contributed by atoms with Crippen molar-refractivity contribution in [3.05, 3.63) is 28.5 Å². The molecule has 2 aromatic rings. The number of thiazole rings is 1. The van der Waals surface area contributed by atoms with Gasteiger partial charge < -0.3 is 10.1 Å². The molecule has 0 aromatic carbocycles. The van der Waals surface area contributed by atoms with E-state index in [-0.39, 0.29) is 11.9 Å². The quantitative estimate of drug-likeness (QED) is 0.930. The third kappa shape index (κ3) is 2.66. The Morgan fingerprint density at radius 3 is 3.21 bits per heavy atom. The van der Waals surface area contributed by atoms with Crippen LogP contribution in [0.2, 0.25) is 0 Å². The Bertz CT molecular complexity index is 586. The molecular formula is C12H14N4O2S. The van der Waals surface area contributed by atoms with Crippen molar-refractivity contribution in [2.75, 3.05) is 18.5 Å². The van der Waals surface area contributed by atoms with E-state index >= 15 is 0 Å². The Kier molecular flexibility index (Phi) is 3.31. The highest BCUT2D eigenvalue weighted by atomic mass is 32.1. The van der Waals surface area contributed by atoms with Gasteiger partial charge in [0, 0.05) is 18.2 Å². The van der Waals surface area contributed by atoms with Crippen LogP contribution in [-0.2, 0) is 4.74 Å². The van der Waals surface area contributed by atoms with Crippen molar-refractivity contribution in [1.29, 1.82) is 0 Å². The lowest BCUT2D eigenvalue weighted by Crippen LogP contribution is -2.12. The molecule has 1 N–H and O–H groups in total. The predicted octanol–water partition coefficient (Wildman–Crippen LogP) is 1.86. The van der Waals surface area contributed by atoms with Gasteiger partial charge in [0.2, 0.25) is 0 Å². The number of aryl methyl sites for hydroxylation is 1. The Balaban J connectivity index is 1.68. The summed E-state index contributed by atoms with van der Waals surface area (Å²) in [5.41, 5.74) is 1.13. The fraction of sp³-hybridized carbons (Fsp3) is 0.417. The van der Waals surface area contributed by atoms with Crippen LogP contribution in [0.4, 0.5) is 5.69 Å². The van der Waals surface area contributed by atoms with E-state index in [9.17, 15) is 4.79 Å². The van der Waals surface area contributed by atoms with Crippen molar-refractivity contribution in [3.63, 3.8) is 0 Å². The van der Waals surface area contributed by atoms with Crippen LogP contribution in [0, 0.1) is 6.92 Å². The number of carbonyl (C=O) groups excluding carboxylic acids is 1. The molecule has 0 spiro atoms. The van der Waals surface area contributed by atoms with Crippen molar-refractivity contribution in [2.45, 2.75) is 19.4 Å². The van der Waals surface area contributed by atoms with E-state index in [2.05, 4.69) is 15.4 Å². The van der Waals surface area contributed by atoms with Crippen LogP contribution in [0.5, 0.6) is 0 Å². The predicted molar refractivity (Wildman–Crippen MR) is 71.5 cm³/mol. The molecule has 0 unspecified atom stereocenters. The third-order valence-corrected chi connectivity index (χ3v) is 3.76. The van der Waals surface area contributed by atoms with E-state index in [1.54, 1.807) is 11.6 Å². The number of hydrogen-bond donors (Lipinski definition) is 1. The summed E-state index contributed by atoms with van der Waals surface area (Å²) in [6, 6.07) is 0.271. The van der Waals surface area contributed by atoms with Gasteiger partial charge >= 0.3 is 0 Å². The summed E-state index contributed by atoms with van der Waals surface area (Å²) in [6.07, 6.45) is 4.44. The smallest absolute Gasteiger partial charge is 0.275 e. The van der Waals surface area contributed by atoms with Gasteiger partial charge in [-0.05, 0) is 13.3 Å². The van der Waals surface area contributed by atoms with Crippen LogP contribution in [0.1, 0.15) is 28.0 Å². The van der Waals surface area contributed by atoms with Crippen molar-refractivity contribution in [1.82, 2.24) is 14.8 Å². The number of anilines is 1. The summed E-state index contributed by atoms with van der Waals surface area (Å²) in [7, 11) is 0. The molecule has 1 aliphatic rings. The Morgan fingerprint density at radius 1 is 1.63 bits per heavy atom. The second kappa shape index (κ2) is 5.10. The number of carbonyl (C=O) groups is 1. The largest absolute Gasteiger partial charge is 0.379 e. The van der Waals surface area contributed by atoms with Gasteiger partial charge in [0.25, 0.3) is 5.91 Å². The Morgan fingerprint density at radius 2 is 2.53 bits per heavy atom. The highest BCUT2D eigenvalue weighted by Crippen LogP contribution is 2.20. The van der Waals surface area contributed by atoms with Crippen LogP contribution in [0.15, 0.2) is 17.8 Å². The minimum Gasteiger partial charge on any atom is -0.379 e. The van der Waals surface area contributed by atoms with Gasteiger partial charge in [0.1, 0.15) is 5.69 Å². The molecule has 6 nitrogen and oxygen atoms in total. The molecule has 0 bridgehead atoms. The summed E-state index contributed by atoms with van der Waals surface area (Å²) < 4.78 is 7.16. The maximum Gasteiger partial charge on any atom is 0.275 e. The molecular weight excluding hydrogens is 264 g/mol. The molecule has 1 fully saturated rings. The topological polar surface area (TPSA) is 69.0 Å². The first kappa shape index (κ1) is 12.3. The third-order valence-electron chi connectivity index (χ3n) is 2.99. The van der Waals surface area contributed by atoms with Crippen LogP contribution in [0.25, 0.3) is 0 Å². The monoisotopic (exact) mass is 278 g/mol. The summed E-state index contributed by atoms with van der Waals surface area (Å²) in [4.78, 5) is 16.1. The van der Waals surface area contributed by atoms with Crippen molar-refractivity contribution >= 4 is 22.9 Å². The second-order valence-electron chi connectivity index (χ2n) is 4.43. The minimum atomic E-state index is -0.202. The van der Waals surface area contributed by atoms with Gasteiger partial charge in [-0.2, -0.15) is 5.10 Å². The molecule has 0 saturated carbocycles. The fourth-order valence-corrected chi connectivity index (χ4v) is 2.59. The van der Waals surface area contributed by atoms with Crippen molar-refractivity contribution in [2.24, 2.45) is 0 Å². The molecule has 2 aromatic heterocycles. The van der Waals surface area contributed by atoms with Gasteiger partial charge in [-0.25, -0.2) is 4.98 Å². The molecule has 1 saturated heterocycles. The highest BCUT2D eigenvalue weighted by molar-refractivity contribution is 7.09. The highest BCUT2D eigenvalue weighted by Gasteiger charge is 2.19. The second-order valence-corrected chi connectivity index (χ2v) is 5.49. The van der Waals surface area contributed by atoms with Crippen LogP contribution in [0.3, 0.4) is 0 Å². The van der Waals surface area contributed by atoms with Crippen LogP contribution in [-0.4, -0.2) is 33.9 Å². The zero-order valence-electron chi connectivity index (χ0n) is 10.5. The SMILES string of the molecule is Cc1nc(C(=O)Nc2cnn([C@@H]3CCOC3)c2)cs1. The van der Waals surface area contributed by atoms with Gasteiger partial charge in [-0.3, -0.25) is 9.48 Å². The summed E-state index contributed by atoms with van der Waals surface area (Å²) in [5, 5.41) is 9.68. The molecule has 1 amide bonds. The first-order chi connectivity index (χ1) is 9.22. The lowest BCUT2D eigenvalue weighted by Gasteiger charge is -2.06. The molecule has 1 atom stereocenters. The van der Waals surface area contributed by atoms with E-state index in [1.807, 2.05) is 17.8 Å². The zero-order chi connectivity index (χ0) is 13.2. The van der Waals surface area contributed by atoms with E-state index < -0.39 is 0 Å². The molecule has 1 aliphatic heterocycles. The Labute approximate surface area is 114 Å². The van der Waals surface area contributed by atoms with E-state index in [4.69, 9.17) is 4.74 Å². The average Bonchev–Trinajstić information content (AvgIpc) is 3.07. The van der Waals surface area contributed by atoms with Crippen LogP contribution < -0.4 is 5.32 Å². The molecule has 0 aliphatic carbocycles. The van der Waals surface area contributed by atoms with Gasteiger partial charge in [0.15, 0.2) is 0 Å². The van der Waals surface area contributed by atoms with E-state index in [0.29, 0.717) is 18.0 Å². The summed E-state index contributed by atoms with van der Waals surface area (Å²) in [5.74, 6) is -0.202. The van der Waals surface area contributed by atoms with E-state index in [1.165, 1.54) is 11.3 Å². The van der Waals surface area contributed by atoms with Gasteiger partial charge in [-0.1, -0.05) is 0 Å². The standard InChI is InChI=1S/C12H14N4O2S/c1-8-14-11(7-19-8)12(17)15-9-4-13-16(5-9)10-2-3-18-6-10/h4-5,7,10H,2-3,6H2,1H3,(H,15,17)/t10-/m1/s1. The number of nitrogens with zero attached hydrogens (tertiary/aromatic N) is 3. The average molecular weight is 278 g/mol. The molecule has 19 heavy (non-hydrogen) atoms. The number of rotatable bonds is 3. The number of amides is 1. The maximum atomic E-state index is 11.9. The molecule has 3 rings (SSSR count). The first-order valence-corrected chi connectivity index (χ1v) is 6.96. The van der Waals surface area contributed by atoms with Crippen molar-refractivity contribution in [3.8, 4) is 0 Å². The van der Waals surface area contributed by atoms with Gasteiger partial charge in [-0.15, -0.1) is 11.3 Å². The first-order valence-electron chi connectivity index (χ1n) is 6.08. The number of ether oxygens (including phenoxy) is 1.